The van der Waals surface area contributed by atoms with Crippen LogP contribution in [-0.4, -0.2) is 53.1 Å². The van der Waals surface area contributed by atoms with Gasteiger partial charge in [0.1, 0.15) is 17.3 Å². The summed E-state index contributed by atoms with van der Waals surface area (Å²) < 4.78 is 44.9. The molecule has 2 aliphatic rings. The second-order valence-corrected chi connectivity index (χ2v) is 7.24. The highest BCUT2D eigenvalue weighted by atomic mass is 19.4. The first-order valence-electron chi connectivity index (χ1n) is 9.46. The third-order valence-electron chi connectivity index (χ3n) is 5.22. The Balaban J connectivity index is 1.49. The Morgan fingerprint density at radius 2 is 1.93 bits per heavy atom. The number of halogens is 3. The number of nitrogens with zero attached hydrogens (tertiary/aromatic N) is 4. The molecule has 1 saturated heterocycles. The summed E-state index contributed by atoms with van der Waals surface area (Å²) in [5.41, 5.74) is 1.36. The van der Waals surface area contributed by atoms with E-state index in [4.69, 9.17) is 4.74 Å². The summed E-state index contributed by atoms with van der Waals surface area (Å²) >= 11 is 0. The third kappa shape index (κ3) is 4.19. The second-order valence-electron chi connectivity index (χ2n) is 7.24. The monoisotopic (exact) mass is 406 g/mol. The van der Waals surface area contributed by atoms with Crippen LogP contribution in [0.2, 0.25) is 0 Å². The molecule has 0 aliphatic carbocycles. The maximum Gasteiger partial charge on any atom is 0.433 e. The van der Waals surface area contributed by atoms with Gasteiger partial charge in [-0.1, -0.05) is 24.3 Å². The van der Waals surface area contributed by atoms with Crippen LogP contribution in [0.4, 0.5) is 19.0 Å². The fourth-order valence-electron chi connectivity index (χ4n) is 3.75. The minimum Gasteiger partial charge on any atom is -0.365 e. The fraction of sp³-hybridized carbons (Fsp3) is 0.450. The number of fused-ring (bicyclic) bond motifs is 1. The Labute approximate surface area is 166 Å². The molecule has 4 rings (SSSR count). The molecular formula is C20H21F3N4O2. The highest BCUT2D eigenvalue weighted by molar-refractivity contribution is 5.82. The molecule has 1 fully saturated rings. The Hall–Kier alpha value is -2.68. The van der Waals surface area contributed by atoms with Gasteiger partial charge in [0.2, 0.25) is 0 Å². The van der Waals surface area contributed by atoms with Gasteiger partial charge in [-0.15, -0.1) is 0 Å². The number of carbonyl (C=O) groups excluding carboxylic acids is 1. The molecule has 1 atom stereocenters. The largest absolute Gasteiger partial charge is 0.433 e. The van der Waals surface area contributed by atoms with Gasteiger partial charge in [-0.2, -0.15) is 13.2 Å². The lowest BCUT2D eigenvalue weighted by Gasteiger charge is -2.37. The fourth-order valence-corrected chi connectivity index (χ4v) is 3.75. The number of aromatic nitrogens is 2. The number of carbonyl (C=O) groups is 1. The Kier molecular flexibility index (Phi) is 5.16. The number of rotatable bonds is 2. The van der Waals surface area contributed by atoms with Gasteiger partial charge in [-0.3, -0.25) is 4.79 Å². The molecule has 0 N–H and O–H groups in total. The van der Waals surface area contributed by atoms with E-state index in [1.165, 1.54) is 12.5 Å². The molecule has 1 aromatic carbocycles. The van der Waals surface area contributed by atoms with Crippen LogP contribution in [0.3, 0.4) is 0 Å². The molecule has 2 aromatic rings. The van der Waals surface area contributed by atoms with Crippen LogP contribution in [0.25, 0.3) is 0 Å². The molecule has 1 amide bonds. The van der Waals surface area contributed by atoms with E-state index in [2.05, 4.69) is 16.0 Å². The van der Waals surface area contributed by atoms with E-state index in [9.17, 15) is 18.0 Å². The van der Waals surface area contributed by atoms with Gasteiger partial charge in [0.25, 0.3) is 5.91 Å². The molecule has 3 heterocycles. The Bertz CT molecular complexity index is 919. The number of amides is 1. The summed E-state index contributed by atoms with van der Waals surface area (Å²) in [7, 11) is 0. The van der Waals surface area contributed by atoms with Crippen molar-refractivity contribution in [3.8, 4) is 0 Å². The Morgan fingerprint density at radius 3 is 2.69 bits per heavy atom. The van der Waals surface area contributed by atoms with Crippen LogP contribution in [0.1, 0.15) is 22.6 Å². The predicted molar refractivity (Wildman–Crippen MR) is 99.3 cm³/mol. The summed E-state index contributed by atoms with van der Waals surface area (Å²) in [6.07, 6.45) is -4.51. The van der Waals surface area contributed by atoms with Crippen molar-refractivity contribution in [2.45, 2.75) is 32.2 Å². The first-order valence-corrected chi connectivity index (χ1v) is 9.46. The van der Waals surface area contributed by atoms with Crippen LogP contribution in [0, 0.1) is 6.92 Å². The lowest BCUT2D eigenvalue weighted by Crippen LogP contribution is -2.52. The number of morpholine rings is 1. The highest BCUT2D eigenvalue weighted by Gasteiger charge is 2.36. The molecule has 6 nitrogen and oxygen atoms in total. The first-order chi connectivity index (χ1) is 13.8. The quantitative estimate of drug-likeness (QED) is 0.768. The minimum atomic E-state index is -4.55. The number of aryl methyl sites for hydroxylation is 1. The molecule has 9 heteroatoms. The van der Waals surface area contributed by atoms with E-state index in [0.29, 0.717) is 19.6 Å². The molecule has 0 saturated carbocycles. The zero-order valence-corrected chi connectivity index (χ0v) is 15.9. The summed E-state index contributed by atoms with van der Waals surface area (Å²) in [6.45, 7) is 3.30. The molecule has 1 aromatic heterocycles. The number of hydrogen-bond acceptors (Lipinski definition) is 5. The van der Waals surface area contributed by atoms with Crippen molar-refractivity contribution in [3.63, 3.8) is 0 Å². The van der Waals surface area contributed by atoms with E-state index in [1.807, 2.05) is 18.2 Å². The maximum atomic E-state index is 13.1. The van der Waals surface area contributed by atoms with Crippen LogP contribution in [0.5, 0.6) is 0 Å². The number of alkyl halides is 3. The van der Waals surface area contributed by atoms with Crippen LogP contribution >= 0.6 is 0 Å². The lowest BCUT2D eigenvalue weighted by molar-refractivity contribution is -0.145. The average molecular weight is 406 g/mol. The predicted octanol–water partition coefficient (Wildman–Crippen LogP) is 2.59. The van der Waals surface area contributed by atoms with E-state index in [-0.39, 0.29) is 30.7 Å². The van der Waals surface area contributed by atoms with Crippen molar-refractivity contribution in [1.29, 1.82) is 0 Å². The van der Waals surface area contributed by atoms with Gasteiger partial charge in [0.05, 0.1) is 13.2 Å². The smallest absolute Gasteiger partial charge is 0.365 e. The number of ether oxygens (including phenoxy) is 1. The van der Waals surface area contributed by atoms with E-state index >= 15 is 0 Å². The van der Waals surface area contributed by atoms with Crippen molar-refractivity contribution in [2.75, 3.05) is 31.1 Å². The first kappa shape index (κ1) is 19.6. The zero-order chi connectivity index (χ0) is 20.6. The number of hydrogen-bond donors (Lipinski definition) is 0. The van der Waals surface area contributed by atoms with Crippen molar-refractivity contribution in [2.24, 2.45) is 0 Å². The van der Waals surface area contributed by atoms with Crippen molar-refractivity contribution >= 4 is 11.7 Å². The summed E-state index contributed by atoms with van der Waals surface area (Å²) in [6, 6.07) is 8.92. The van der Waals surface area contributed by atoms with E-state index < -0.39 is 18.0 Å². The van der Waals surface area contributed by atoms with Crippen molar-refractivity contribution in [3.05, 3.63) is 53.0 Å². The molecule has 0 spiro atoms. The highest BCUT2D eigenvalue weighted by Crippen LogP contribution is 2.30. The van der Waals surface area contributed by atoms with Gasteiger partial charge in [0, 0.05) is 25.7 Å². The minimum absolute atomic E-state index is 0.0387. The molecule has 0 bridgehead atoms. The number of anilines is 1. The van der Waals surface area contributed by atoms with E-state index in [1.54, 1.807) is 9.80 Å². The Morgan fingerprint density at radius 1 is 1.17 bits per heavy atom. The molecule has 0 radical (unpaired) electrons. The molecule has 1 unspecified atom stereocenters. The van der Waals surface area contributed by atoms with Gasteiger partial charge < -0.3 is 14.5 Å². The molecular weight excluding hydrogens is 385 g/mol. The van der Waals surface area contributed by atoms with Gasteiger partial charge in [-0.25, -0.2) is 9.97 Å². The number of benzene rings is 1. The van der Waals surface area contributed by atoms with Gasteiger partial charge in [-0.05, 0) is 24.5 Å². The second kappa shape index (κ2) is 7.62. The van der Waals surface area contributed by atoms with Crippen LogP contribution in [0.15, 0.2) is 30.3 Å². The zero-order valence-electron chi connectivity index (χ0n) is 15.9. The van der Waals surface area contributed by atoms with Gasteiger partial charge in [0.15, 0.2) is 6.10 Å². The van der Waals surface area contributed by atoms with E-state index in [0.717, 1.165) is 18.1 Å². The summed E-state index contributed by atoms with van der Waals surface area (Å²) in [4.78, 5) is 24.0. The lowest BCUT2D eigenvalue weighted by atomic mass is 9.99. The van der Waals surface area contributed by atoms with Crippen molar-refractivity contribution < 1.29 is 22.7 Å². The summed E-state index contributed by atoms with van der Waals surface area (Å²) in [5.74, 6) is 0.0535. The topological polar surface area (TPSA) is 58.6 Å². The molecule has 2 aliphatic heterocycles. The molecule has 154 valence electrons. The third-order valence-corrected chi connectivity index (χ3v) is 5.22. The molecule has 29 heavy (non-hydrogen) atoms. The van der Waals surface area contributed by atoms with Crippen molar-refractivity contribution in [1.82, 2.24) is 14.9 Å². The van der Waals surface area contributed by atoms with Gasteiger partial charge >= 0.3 is 6.18 Å². The van der Waals surface area contributed by atoms with Crippen LogP contribution in [-0.2, 0) is 28.7 Å². The SMILES string of the molecule is Cc1nc(N2CCOC(C(=O)N3CCc4ccccc4C3)C2)cc(C(F)(F)F)n1. The normalized spacial score (nSPS) is 19.8. The average Bonchev–Trinajstić information content (AvgIpc) is 2.72. The van der Waals surface area contributed by atoms with Crippen LogP contribution < -0.4 is 4.90 Å². The summed E-state index contributed by atoms with van der Waals surface area (Å²) in [5, 5.41) is 0. The standard InChI is InChI=1S/C20H21F3N4O2/c1-13-24-17(20(21,22)23)10-18(25-13)26-8-9-29-16(12-26)19(28)27-7-6-14-4-2-3-5-15(14)11-27/h2-5,10,16H,6-9,11-12H2,1H3. The maximum absolute atomic E-state index is 13.1.